The van der Waals surface area contributed by atoms with Crippen molar-refractivity contribution in [3.63, 3.8) is 0 Å². The van der Waals surface area contributed by atoms with Crippen LogP contribution in [0.15, 0.2) is 18.3 Å². The van der Waals surface area contributed by atoms with Crippen LogP contribution in [-0.4, -0.2) is 17.1 Å². The largest absolute Gasteiger partial charge is 0.461 e. The molecule has 80 valence electrons. The van der Waals surface area contributed by atoms with Crippen LogP contribution in [-0.2, 0) is 11.3 Å². The zero-order chi connectivity index (χ0) is 11.1. The van der Waals surface area contributed by atoms with E-state index in [4.69, 9.17) is 11.2 Å². The van der Waals surface area contributed by atoms with E-state index in [0.717, 1.165) is 19.4 Å². The predicted octanol–water partition coefficient (Wildman–Crippen LogP) is 2.08. The van der Waals surface area contributed by atoms with E-state index >= 15 is 0 Å². The number of aromatic nitrogens is 1. The molecule has 1 aromatic rings. The highest BCUT2D eigenvalue weighted by Crippen LogP contribution is 2.06. The number of rotatable bonds is 5. The van der Waals surface area contributed by atoms with Gasteiger partial charge in [0.15, 0.2) is 0 Å². The minimum Gasteiger partial charge on any atom is -0.461 e. The van der Waals surface area contributed by atoms with Gasteiger partial charge in [-0.1, -0.05) is 0 Å². The summed E-state index contributed by atoms with van der Waals surface area (Å²) in [5.74, 6) is 2.30. The van der Waals surface area contributed by atoms with Gasteiger partial charge in [-0.25, -0.2) is 4.79 Å². The van der Waals surface area contributed by atoms with Crippen LogP contribution in [0.1, 0.15) is 30.3 Å². The Labute approximate surface area is 90.0 Å². The molecule has 0 atom stereocenters. The Kier molecular flexibility index (Phi) is 4.49. The molecule has 0 amide bonds. The maximum atomic E-state index is 11.5. The first kappa shape index (κ1) is 11.4. The summed E-state index contributed by atoms with van der Waals surface area (Å²) < 4.78 is 6.80. The second-order valence-electron chi connectivity index (χ2n) is 3.11. The van der Waals surface area contributed by atoms with Crippen molar-refractivity contribution in [1.82, 2.24) is 4.57 Å². The Hall–Kier alpha value is -1.69. The fourth-order valence-electron chi connectivity index (χ4n) is 1.35. The first-order valence-corrected chi connectivity index (χ1v) is 5.05. The highest BCUT2D eigenvalue weighted by molar-refractivity contribution is 5.87. The van der Waals surface area contributed by atoms with Gasteiger partial charge in [0.1, 0.15) is 5.69 Å². The van der Waals surface area contributed by atoms with Gasteiger partial charge >= 0.3 is 5.97 Å². The third-order valence-corrected chi connectivity index (χ3v) is 2.03. The average molecular weight is 205 g/mol. The van der Waals surface area contributed by atoms with E-state index in [0.29, 0.717) is 12.3 Å². The molecule has 0 aliphatic carbocycles. The number of nitrogens with zero attached hydrogens (tertiary/aromatic N) is 1. The Morgan fingerprint density at radius 2 is 2.47 bits per heavy atom. The summed E-state index contributed by atoms with van der Waals surface area (Å²) >= 11 is 0. The maximum absolute atomic E-state index is 11.5. The third-order valence-electron chi connectivity index (χ3n) is 2.03. The second kappa shape index (κ2) is 5.92. The summed E-state index contributed by atoms with van der Waals surface area (Å²) in [6.07, 6.45) is 8.62. The van der Waals surface area contributed by atoms with Crippen LogP contribution in [0.25, 0.3) is 0 Å². The van der Waals surface area contributed by atoms with Crippen molar-refractivity contribution in [2.24, 2.45) is 0 Å². The molecule has 3 heteroatoms. The highest BCUT2D eigenvalue weighted by atomic mass is 16.5. The fraction of sp³-hybridized carbons (Fsp3) is 0.417. The second-order valence-corrected chi connectivity index (χ2v) is 3.11. The van der Waals surface area contributed by atoms with Gasteiger partial charge in [0.2, 0.25) is 0 Å². The zero-order valence-corrected chi connectivity index (χ0v) is 8.90. The summed E-state index contributed by atoms with van der Waals surface area (Å²) in [4.78, 5) is 11.5. The molecule has 0 radical (unpaired) electrons. The van der Waals surface area contributed by atoms with Crippen molar-refractivity contribution in [3.8, 4) is 12.3 Å². The summed E-state index contributed by atoms with van der Waals surface area (Å²) in [6, 6.07) is 3.59. The highest BCUT2D eigenvalue weighted by Gasteiger charge is 2.10. The molecule has 1 aromatic heterocycles. The first-order valence-electron chi connectivity index (χ1n) is 5.05. The summed E-state index contributed by atoms with van der Waals surface area (Å²) in [5, 5.41) is 0. The number of unbranched alkanes of at least 4 members (excludes halogenated alkanes) is 1. The maximum Gasteiger partial charge on any atom is 0.354 e. The lowest BCUT2D eigenvalue weighted by Crippen LogP contribution is -2.11. The summed E-state index contributed by atoms with van der Waals surface area (Å²) in [5.41, 5.74) is 0.592. The fourth-order valence-corrected chi connectivity index (χ4v) is 1.35. The molecule has 0 aliphatic heterocycles. The molecular weight excluding hydrogens is 190 g/mol. The van der Waals surface area contributed by atoms with Crippen molar-refractivity contribution in [1.29, 1.82) is 0 Å². The van der Waals surface area contributed by atoms with Crippen LogP contribution in [0.2, 0.25) is 0 Å². The van der Waals surface area contributed by atoms with Crippen molar-refractivity contribution in [3.05, 3.63) is 24.0 Å². The molecule has 15 heavy (non-hydrogen) atoms. The number of terminal acetylenes is 1. The molecule has 0 N–H and O–H groups in total. The number of carbonyl (C=O) groups is 1. The number of esters is 1. The van der Waals surface area contributed by atoms with Crippen molar-refractivity contribution < 1.29 is 9.53 Å². The van der Waals surface area contributed by atoms with Gasteiger partial charge in [-0.05, 0) is 25.5 Å². The van der Waals surface area contributed by atoms with E-state index in [-0.39, 0.29) is 5.97 Å². The monoisotopic (exact) mass is 205 g/mol. The molecule has 1 heterocycles. The number of carbonyl (C=O) groups excluding carboxylic acids is 1. The minimum atomic E-state index is -0.275. The molecule has 0 saturated heterocycles. The van der Waals surface area contributed by atoms with E-state index in [9.17, 15) is 4.79 Å². The van der Waals surface area contributed by atoms with Gasteiger partial charge in [-0.15, -0.1) is 12.3 Å². The SMILES string of the molecule is C#CCCCn1cccc1C(=O)OCC. The van der Waals surface area contributed by atoms with Crippen LogP contribution < -0.4 is 0 Å². The van der Waals surface area contributed by atoms with Gasteiger partial charge < -0.3 is 9.30 Å². The Balaban J connectivity index is 2.61. The number of hydrogen-bond acceptors (Lipinski definition) is 2. The molecule has 3 nitrogen and oxygen atoms in total. The molecular formula is C12H15NO2. The Morgan fingerprint density at radius 3 is 3.13 bits per heavy atom. The molecule has 0 unspecified atom stereocenters. The standard InChI is InChI=1S/C12H15NO2/c1-3-5-6-9-13-10-7-8-11(13)12(14)15-4-2/h1,7-8,10H,4-6,9H2,2H3. The minimum absolute atomic E-state index is 0.275. The van der Waals surface area contributed by atoms with Gasteiger partial charge in [-0.3, -0.25) is 0 Å². The molecule has 0 saturated carbocycles. The van der Waals surface area contributed by atoms with Crippen molar-refractivity contribution in [2.45, 2.75) is 26.3 Å². The number of hydrogen-bond donors (Lipinski definition) is 0. The molecule has 0 bridgehead atoms. The molecule has 0 fully saturated rings. The topological polar surface area (TPSA) is 31.2 Å². The van der Waals surface area contributed by atoms with Crippen LogP contribution in [0.5, 0.6) is 0 Å². The zero-order valence-electron chi connectivity index (χ0n) is 8.90. The molecule has 0 spiro atoms. The average Bonchev–Trinajstić information content (AvgIpc) is 2.67. The molecule has 1 rings (SSSR count). The Morgan fingerprint density at radius 1 is 1.67 bits per heavy atom. The lowest BCUT2D eigenvalue weighted by Gasteiger charge is -2.07. The van der Waals surface area contributed by atoms with Crippen molar-refractivity contribution >= 4 is 5.97 Å². The van der Waals surface area contributed by atoms with Gasteiger partial charge in [0.05, 0.1) is 6.61 Å². The quantitative estimate of drug-likeness (QED) is 0.418. The smallest absolute Gasteiger partial charge is 0.354 e. The van der Waals surface area contributed by atoms with E-state index < -0.39 is 0 Å². The van der Waals surface area contributed by atoms with Crippen LogP contribution in [0.4, 0.5) is 0 Å². The summed E-state index contributed by atoms with van der Waals surface area (Å²) in [6.45, 7) is 2.95. The van der Waals surface area contributed by atoms with Gasteiger partial charge in [0.25, 0.3) is 0 Å². The van der Waals surface area contributed by atoms with Crippen LogP contribution >= 0.6 is 0 Å². The van der Waals surface area contributed by atoms with E-state index in [1.54, 1.807) is 13.0 Å². The predicted molar refractivity (Wildman–Crippen MR) is 58.5 cm³/mol. The molecule has 0 aliphatic rings. The van der Waals surface area contributed by atoms with E-state index in [1.807, 2.05) is 16.8 Å². The number of ether oxygens (including phenoxy) is 1. The first-order chi connectivity index (χ1) is 7.29. The van der Waals surface area contributed by atoms with Gasteiger partial charge in [-0.2, -0.15) is 0 Å². The lowest BCUT2D eigenvalue weighted by atomic mass is 10.3. The normalized spacial score (nSPS) is 9.60. The lowest BCUT2D eigenvalue weighted by molar-refractivity contribution is 0.0513. The van der Waals surface area contributed by atoms with E-state index in [2.05, 4.69) is 5.92 Å². The third kappa shape index (κ3) is 3.17. The Bertz CT molecular complexity index is 360. The van der Waals surface area contributed by atoms with E-state index in [1.165, 1.54) is 0 Å². The van der Waals surface area contributed by atoms with Crippen LogP contribution in [0.3, 0.4) is 0 Å². The summed E-state index contributed by atoms with van der Waals surface area (Å²) in [7, 11) is 0. The van der Waals surface area contributed by atoms with Gasteiger partial charge in [0, 0.05) is 19.2 Å². The van der Waals surface area contributed by atoms with Crippen LogP contribution in [0, 0.1) is 12.3 Å². The molecule has 0 aromatic carbocycles. The number of aryl methyl sites for hydroxylation is 1. The van der Waals surface area contributed by atoms with Crippen molar-refractivity contribution in [2.75, 3.05) is 6.61 Å².